The number of alkyl halides is 1. The fourth-order valence-corrected chi connectivity index (χ4v) is 4.06. The highest BCUT2D eigenvalue weighted by atomic mass is 127. The predicted molar refractivity (Wildman–Crippen MR) is 74.3 cm³/mol. The van der Waals surface area contributed by atoms with E-state index in [-0.39, 0.29) is 12.3 Å². The molecule has 1 aliphatic heterocycles. The van der Waals surface area contributed by atoms with Gasteiger partial charge in [-0.15, -0.1) is 0 Å². The second-order valence-corrected chi connectivity index (χ2v) is 7.89. The Kier molecular flexibility index (Phi) is 5.83. The molecule has 2 atom stereocenters. The van der Waals surface area contributed by atoms with Crippen LogP contribution in [-0.2, 0) is 24.2 Å². The average molecular weight is 389 g/mol. The van der Waals surface area contributed by atoms with E-state index in [1.54, 1.807) is 0 Å². The fraction of sp³-hybridized carbons (Fsp3) is 0.800. The first-order valence-corrected chi connectivity index (χ1v) is 8.56. The smallest absolute Gasteiger partial charge is 0.320 e. The normalized spacial score (nSPS) is 24.0. The highest BCUT2D eigenvalue weighted by Crippen LogP contribution is 2.19. The highest BCUT2D eigenvalue weighted by Gasteiger charge is 2.35. The SMILES string of the molecule is COC(=O)C(I)CNC(=O)C1CCCCS1(=O)=O. The first-order chi connectivity index (χ1) is 8.38. The number of ether oxygens (including phenoxy) is 1. The summed E-state index contributed by atoms with van der Waals surface area (Å²) in [5.41, 5.74) is 0. The average Bonchev–Trinajstić information content (AvgIpc) is 2.33. The number of carbonyl (C=O) groups excluding carboxylic acids is 2. The van der Waals surface area contributed by atoms with E-state index in [1.807, 2.05) is 22.6 Å². The largest absolute Gasteiger partial charge is 0.468 e. The lowest BCUT2D eigenvalue weighted by Gasteiger charge is -2.21. The van der Waals surface area contributed by atoms with Gasteiger partial charge >= 0.3 is 5.97 Å². The zero-order chi connectivity index (χ0) is 13.8. The Morgan fingerprint density at radius 3 is 2.67 bits per heavy atom. The standard InChI is InChI=1S/C10H16INO5S/c1-17-10(14)7(11)6-12-9(13)8-4-2-3-5-18(8,15)16/h7-8H,2-6H2,1H3,(H,12,13). The van der Waals surface area contributed by atoms with Gasteiger partial charge in [-0.3, -0.25) is 9.59 Å². The van der Waals surface area contributed by atoms with Gasteiger partial charge in [0, 0.05) is 6.54 Å². The van der Waals surface area contributed by atoms with Crippen molar-refractivity contribution >= 4 is 44.3 Å². The second-order valence-electron chi connectivity index (χ2n) is 4.09. The molecule has 0 saturated carbocycles. The minimum atomic E-state index is -3.33. The van der Waals surface area contributed by atoms with Crippen LogP contribution in [0, 0.1) is 0 Å². The Labute approximate surface area is 120 Å². The number of carbonyl (C=O) groups is 2. The van der Waals surface area contributed by atoms with Crippen molar-refractivity contribution in [3.05, 3.63) is 0 Å². The summed E-state index contributed by atoms with van der Waals surface area (Å²) in [6.07, 6.45) is 1.71. The van der Waals surface area contributed by atoms with Crippen LogP contribution in [0.2, 0.25) is 0 Å². The first kappa shape index (κ1) is 15.7. The lowest BCUT2D eigenvalue weighted by atomic mass is 10.2. The van der Waals surface area contributed by atoms with Gasteiger partial charge in [0.25, 0.3) is 0 Å². The van der Waals surface area contributed by atoms with E-state index in [2.05, 4.69) is 10.1 Å². The maximum atomic E-state index is 11.8. The van der Waals surface area contributed by atoms with Crippen LogP contribution in [0.5, 0.6) is 0 Å². The minimum Gasteiger partial charge on any atom is -0.468 e. The summed E-state index contributed by atoms with van der Waals surface area (Å²) in [6.45, 7) is 0.0814. The molecule has 18 heavy (non-hydrogen) atoms. The van der Waals surface area contributed by atoms with Crippen molar-refractivity contribution in [3.63, 3.8) is 0 Å². The Bertz CT molecular complexity index is 422. The molecule has 0 aromatic carbocycles. The van der Waals surface area contributed by atoms with Crippen molar-refractivity contribution < 1.29 is 22.7 Å². The summed E-state index contributed by atoms with van der Waals surface area (Å²) in [5.74, 6) is -0.891. The quantitative estimate of drug-likeness (QED) is 0.417. The van der Waals surface area contributed by atoms with Gasteiger partial charge in [0.15, 0.2) is 9.84 Å². The molecule has 104 valence electrons. The molecule has 1 N–H and O–H groups in total. The van der Waals surface area contributed by atoms with Crippen molar-refractivity contribution in [2.24, 2.45) is 0 Å². The maximum absolute atomic E-state index is 11.8. The molecule has 1 heterocycles. The van der Waals surface area contributed by atoms with E-state index in [9.17, 15) is 18.0 Å². The number of methoxy groups -OCH3 is 1. The fourth-order valence-electron chi connectivity index (χ4n) is 1.76. The van der Waals surface area contributed by atoms with Gasteiger partial charge in [-0.05, 0) is 12.8 Å². The maximum Gasteiger partial charge on any atom is 0.320 e. The monoisotopic (exact) mass is 389 g/mol. The number of rotatable bonds is 4. The lowest BCUT2D eigenvalue weighted by Crippen LogP contribution is -2.45. The number of amides is 1. The Balaban J connectivity index is 2.53. The van der Waals surface area contributed by atoms with Gasteiger partial charge in [-0.1, -0.05) is 29.0 Å². The molecule has 0 spiro atoms. The molecule has 1 saturated heterocycles. The van der Waals surface area contributed by atoms with Crippen LogP contribution in [0.3, 0.4) is 0 Å². The zero-order valence-electron chi connectivity index (χ0n) is 10.0. The van der Waals surface area contributed by atoms with Crippen LogP contribution >= 0.6 is 22.6 Å². The Hall–Kier alpha value is -0.380. The third kappa shape index (κ3) is 4.08. The highest BCUT2D eigenvalue weighted by molar-refractivity contribution is 14.1. The van der Waals surface area contributed by atoms with E-state index in [0.717, 1.165) is 6.42 Å². The van der Waals surface area contributed by atoms with E-state index < -0.39 is 30.9 Å². The van der Waals surface area contributed by atoms with E-state index in [1.165, 1.54) is 7.11 Å². The number of nitrogens with one attached hydrogen (secondary N) is 1. The summed E-state index contributed by atoms with van der Waals surface area (Å²) in [4.78, 5) is 22.9. The van der Waals surface area contributed by atoms with E-state index in [4.69, 9.17) is 0 Å². The molecule has 0 bridgehead atoms. The van der Waals surface area contributed by atoms with Crippen molar-refractivity contribution in [1.29, 1.82) is 0 Å². The molecular weight excluding hydrogens is 373 g/mol. The van der Waals surface area contributed by atoms with Crippen molar-refractivity contribution in [1.82, 2.24) is 5.32 Å². The number of hydrogen-bond acceptors (Lipinski definition) is 5. The van der Waals surface area contributed by atoms with Crippen molar-refractivity contribution in [2.75, 3.05) is 19.4 Å². The Morgan fingerprint density at radius 2 is 2.11 bits per heavy atom. The Morgan fingerprint density at radius 1 is 1.44 bits per heavy atom. The molecular formula is C10H16INO5S. The molecule has 0 aromatic rings. The molecule has 0 radical (unpaired) electrons. The van der Waals surface area contributed by atoms with Crippen molar-refractivity contribution in [3.8, 4) is 0 Å². The molecule has 0 aliphatic carbocycles. The molecule has 1 aliphatic rings. The van der Waals surface area contributed by atoms with Crippen molar-refractivity contribution in [2.45, 2.75) is 28.4 Å². The van der Waals surface area contributed by atoms with Crippen LogP contribution < -0.4 is 5.32 Å². The lowest BCUT2D eigenvalue weighted by molar-refractivity contribution is -0.139. The molecule has 6 nitrogen and oxygen atoms in total. The van der Waals surface area contributed by atoms with Crippen LogP contribution in [0.1, 0.15) is 19.3 Å². The summed E-state index contributed by atoms with van der Waals surface area (Å²) < 4.78 is 27.4. The third-order valence-electron chi connectivity index (χ3n) is 2.78. The van der Waals surface area contributed by atoms with Crippen LogP contribution in [0.4, 0.5) is 0 Å². The van der Waals surface area contributed by atoms with Gasteiger partial charge in [0.2, 0.25) is 5.91 Å². The van der Waals surface area contributed by atoms with Crippen LogP contribution in [0.25, 0.3) is 0 Å². The first-order valence-electron chi connectivity index (χ1n) is 5.59. The molecule has 1 rings (SSSR count). The predicted octanol–water partition coefficient (Wildman–Crippen LogP) is 0.0465. The zero-order valence-corrected chi connectivity index (χ0v) is 13.0. The van der Waals surface area contributed by atoms with Crippen LogP contribution in [0.15, 0.2) is 0 Å². The molecule has 1 amide bonds. The molecule has 1 fully saturated rings. The van der Waals surface area contributed by atoms with E-state index in [0.29, 0.717) is 12.8 Å². The number of halogens is 1. The number of hydrogen-bond donors (Lipinski definition) is 1. The minimum absolute atomic E-state index is 0.0652. The van der Waals surface area contributed by atoms with Crippen LogP contribution in [-0.4, -0.2) is 48.9 Å². The van der Waals surface area contributed by atoms with Gasteiger partial charge in [-0.25, -0.2) is 8.42 Å². The van der Waals surface area contributed by atoms with Gasteiger partial charge in [0.1, 0.15) is 9.17 Å². The number of esters is 1. The molecule has 2 unspecified atom stereocenters. The van der Waals surface area contributed by atoms with Gasteiger partial charge in [0.05, 0.1) is 12.9 Å². The summed E-state index contributed by atoms with van der Waals surface area (Å²) in [5, 5.41) is 1.53. The molecule has 0 aromatic heterocycles. The summed E-state index contributed by atoms with van der Waals surface area (Å²) >= 11 is 1.84. The third-order valence-corrected chi connectivity index (χ3v) is 5.91. The topological polar surface area (TPSA) is 89.5 Å². The van der Waals surface area contributed by atoms with Gasteiger partial charge in [-0.2, -0.15) is 0 Å². The van der Waals surface area contributed by atoms with E-state index >= 15 is 0 Å². The summed E-state index contributed by atoms with van der Waals surface area (Å²) in [6, 6.07) is 0. The number of sulfone groups is 1. The van der Waals surface area contributed by atoms with Gasteiger partial charge < -0.3 is 10.1 Å². The second kappa shape index (κ2) is 6.69. The summed E-state index contributed by atoms with van der Waals surface area (Å²) in [7, 11) is -2.06. The molecule has 8 heteroatoms.